The zero-order valence-corrected chi connectivity index (χ0v) is 83.8. The molecule has 3 aromatic heterocycles. The molecule has 0 saturated heterocycles. The number of fused-ring (bicyclic) bond motifs is 29. The summed E-state index contributed by atoms with van der Waals surface area (Å²) >= 11 is 0. The van der Waals surface area contributed by atoms with E-state index in [4.69, 9.17) is 0 Å². The maximum Gasteiger partial charge on any atom is 0.174 e. The first-order valence-electron chi connectivity index (χ1n) is 50.8. The SMILES string of the molecule is CC1(C)c2ccccc2-c2ccc(-c3ccc4cc(-n5c6ccccc6c6ccc7c(c65)P(=O)(c5ccccc5)c5ccccc5-7)ccc4c3)cc21.CC1(C)c2ccccc2-c2ccc(-c3ccc4ccc(-n5c6ccccc6c6ccc7c(c65)P(=O)(c5ccccc5)c5ccccc5-7)cc4c3)cc21.O=P1(c2ccccc2)c2ccccc2-c2ccc3c4ccccc4n(-c4cc5ccc6cccc7ccc(c4)c5c67)c3c21. The van der Waals surface area contributed by atoms with Crippen LogP contribution in [-0.4, -0.2) is 13.7 Å². The molecule has 27 aromatic rings. The Morgan fingerprint density at radius 1 is 0.184 bits per heavy atom. The molecule has 5 aliphatic rings. The quantitative estimate of drug-likeness (QED) is 0.112. The third kappa shape index (κ3) is 12.1. The molecule has 6 heterocycles. The van der Waals surface area contributed by atoms with Crippen molar-refractivity contribution in [1.82, 2.24) is 13.7 Å². The van der Waals surface area contributed by atoms with Crippen LogP contribution in [0.4, 0.5) is 0 Å². The van der Waals surface area contributed by atoms with Gasteiger partial charge in [0, 0.05) is 92.0 Å². The first-order chi connectivity index (χ1) is 72.1. The first kappa shape index (κ1) is 85.5. The van der Waals surface area contributed by atoms with Gasteiger partial charge in [0.1, 0.15) is 0 Å². The summed E-state index contributed by atoms with van der Waals surface area (Å²) < 4.78 is 54.7. The van der Waals surface area contributed by atoms with E-state index in [-0.39, 0.29) is 10.8 Å². The molecule has 32 rings (SSSR count). The van der Waals surface area contributed by atoms with Crippen molar-refractivity contribution in [2.75, 3.05) is 0 Å². The van der Waals surface area contributed by atoms with Crippen molar-refractivity contribution in [2.45, 2.75) is 38.5 Å². The van der Waals surface area contributed by atoms with Crippen LogP contribution in [0.5, 0.6) is 0 Å². The van der Waals surface area contributed by atoms with Crippen LogP contribution in [0.3, 0.4) is 0 Å². The Kier molecular flexibility index (Phi) is 18.4. The van der Waals surface area contributed by atoms with Gasteiger partial charge in [0.05, 0.1) is 49.0 Å². The van der Waals surface area contributed by atoms with Crippen LogP contribution in [0.25, 0.3) is 214 Å². The van der Waals surface area contributed by atoms with Crippen molar-refractivity contribution in [3.63, 3.8) is 0 Å². The van der Waals surface area contributed by atoms with E-state index in [0.717, 1.165) is 158 Å². The smallest absolute Gasteiger partial charge is 0.174 e. The molecular formula is C138H92N3O3P3. The summed E-state index contributed by atoms with van der Waals surface area (Å²) in [5.41, 5.74) is 31.7. The van der Waals surface area contributed by atoms with E-state index >= 15 is 13.7 Å². The fraction of sp³-hybridized carbons (Fsp3) is 0.0435. The van der Waals surface area contributed by atoms with Gasteiger partial charge in [-0.3, -0.25) is 0 Å². The van der Waals surface area contributed by atoms with Crippen molar-refractivity contribution in [2.24, 2.45) is 0 Å². The molecule has 6 nitrogen and oxygen atoms in total. The van der Waals surface area contributed by atoms with Crippen LogP contribution in [0.2, 0.25) is 0 Å². The van der Waals surface area contributed by atoms with Crippen molar-refractivity contribution in [1.29, 1.82) is 0 Å². The van der Waals surface area contributed by atoms with Gasteiger partial charge >= 0.3 is 0 Å². The fourth-order valence-electron chi connectivity index (χ4n) is 26.3. The molecule has 3 atom stereocenters. The van der Waals surface area contributed by atoms with Crippen molar-refractivity contribution >= 4 is 188 Å². The van der Waals surface area contributed by atoms with Crippen LogP contribution in [0, 0.1) is 0 Å². The number of para-hydroxylation sites is 3. The van der Waals surface area contributed by atoms with Gasteiger partial charge in [-0.05, 0) is 233 Å². The Morgan fingerprint density at radius 3 is 0.898 bits per heavy atom. The van der Waals surface area contributed by atoms with Crippen LogP contribution in [-0.2, 0) is 24.5 Å². The summed E-state index contributed by atoms with van der Waals surface area (Å²) in [6.07, 6.45) is 0. The molecule has 9 heteroatoms. The Bertz CT molecular complexity index is 10500. The number of hydrogen-bond acceptors (Lipinski definition) is 3. The molecule has 0 fully saturated rings. The van der Waals surface area contributed by atoms with E-state index in [2.05, 4.69) is 418 Å². The summed E-state index contributed by atoms with van der Waals surface area (Å²) in [4.78, 5) is 0. The largest absolute Gasteiger partial charge is 0.309 e. The summed E-state index contributed by atoms with van der Waals surface area (Å²) in [6, 6.07) is 173. The lowest BCUT2D eigenvalue weighted by atomic mass is 9.81. The number of hydrogen-bond donors (Lipinski definition) is 0. The molecule has 0 bridgehead atoms. The second-order valence-corrected chi connectivity index (χ2v) is 49.3. The van der Waals surface area contributed by atoms with Crippen LogP contribution in [0.1, 0.15) is 49.9 Å². The predicted octanol–water partition coefficient (Wildman–Crippen LogP) is 32.4. The molecule has 2 aliphatic carbocycles. The highest BCUT2D eigenvalue weighted by Gasteiger charge is 2.48. The second kappa shape index (κ2) is 31.7. The Balaban J connectivity index is 0.000000102. The normalized spacial score (nSPS) is 16.4. The van der Waals surface area contributed by atoms with Crippen molar-refractivity contribution < 1.29 is 13.7 Å². The number of rotatable bonds is 8. The Labute approximate surface area is 850 Å². The molecule has 3 unspecified atom stereocenters. The minimum absolute atomic E-state index is 0.0397. The monoisotopic (exact) mass is 1930 g/mol. The molecule has 0 N–H and O–H groups in total. The predicted molar refractivity (Wildman–Crippen MR) is 622 cm³/mol. The molecule has 24 aromatic carbocycles. The third-order valence-corrected chi connectivity index (χ3v) is 42.6. The van der Waals surface area contributed by atoms with E-state index in [0.29, 0.717) is 0 Å². The number of nitrogens with zero attached hydrogens (tertiary/aromatic N) is 3. The molecule has 0 amide bonds. The van der Waals surface area contributed by atoms with Gasteiger partial charge in [-0.1, -0.05) is 434 Å². The van der Waals surface area contributed by atoms with E-state index in [1.165, 1.54) is 126 Å². The average molecular weight is 1930 g/mol. The van der Waals surface area contributed by atoms with E-state index in [9.17, 15) is 0 Å². The zero-order chi connectivity index (χ0) is 97.8. The van der Waals surface area contributed by atoms with Gasteiger partial charge in [-0.15, -0.1) is 0 Å². The molecular weight excluding hydrogens is 1840 g/mol. The maximum atomic E-state index is 15.9. The average Bonchev–Trinajstić information content (AvgIpc) is 1.53. The molecule has 0 radical (unpaired) electrons. The summed E-state index contributed by atoms with van der Waals surface area (Å²) in [6.45, 7) is 9.35. The standard InChI is InChI=1S/2C49H34NOP.C40H24NOP/c1-49(2)43-17-9-6-14-37(43)38-25-23-34(30-44(38)49)31-20-21-33-29-35(24-22-32(33)28-31)50-45-18-10-7-15-39(45)41-26-27-42-40-16-8-11-19-46(40)52(51,48(42)47(41)50)36-12-4-3-5-13-36;1-49(2)43-17-9-6-14-37(43)38-25-23-33(30-44(38)49)32-21-20-31-22-24-35(29-34(31)28-32)50-45-18-10-7-15-39(45)41-26-27-42-40-16-8-11-19-46(40)52(51,48(42)47(41)50)36-12-4-3-5-13-36;42-43(30-11-2-1-3-12-30)36-16-7-5-14-32(36)34-22-21-33-31-13-4-6-15-35(31)41(39(33)40(34)43)29-23-27-19-17-25-9-8-10-26-18-20-28(24-29)38(27)37(25)26/h2*3-30H,1-2H3;1-24H. The highest BCUT2D eigenvalue weighted by atomic mass is 31.2. The molecule has 147 heavy (non-hydrogen) atoms. The van der Waals surface area contributed by atoms with Gasteiger partial charge in [0.15, 0.2) is 21.4 Å². The Hall–Kier alpha value is -17.1. The van der Waals surface area contributed by atoms with Gasteiger partial charge in [0.2, 0.25) is 0 Å². The van der Waals surface area contributed by atoms with Crippen LogP contribution < -0.4 is 47.7 Å². The Morgan fingerprint density at radius 2 is 0.469 bits per heavy atom. The van der Waals surface area contributed by atoms with Gasteiger partial charge in [0.25, 0.3) is 0 Å². The summed E-state index contributed by atoms with van der Waals surface area (Å²) in [5.74, 6) is 0. The lowest BCUT2D eigenvalue weighted by molar-refractivity contribution is 0.592. The minimum Gasteiger partial charge on any atom is -0.309 e. The number of aromatic nitrogens is 3. The summed E-state index contributed by atoms with van der Waals surface area (Å²) in [5, 5.41) is 27.3. The highest BCUT2D eigenvalue weighted by molar-refractivity contribution is 7.88. The summed E-state index contributed by atoms with van der Waals surface area (Å²) in [7, 11) is -9.58. The molecule has 3 aliphatic heterocycles. The molecule has 692 valence electrons. The van der Waals surface area contributed by atoms with Crippen LogP contribution in [0.15, 0.2) is 485 Å². The lowest BCUT2D eigenvalue weighted by Crippen LogP contribution is -2.22. The fourth-order valence-corrected chi connectivity index (χ4v) is 36.0. The molecule has 0 spiro atoms. The van der Waals surface area contributed by atoms with E-state index in [1.807, 2.05) is 109 Å². The second-order valence-electron chi connectivity index (χ2n) is 41.3. The maximum absolute atomic E-state index is 15.9. The zero-order valence-electron chi connectivity index (χ0n) is 81.1. The highest BCUT2D eigenvalue weighted by Crippen LogP contribution is 2.61. The third-order valence-electron chi connectivity index (χ3n) is 33.0. The first-order valence-corrected chi connectivity index (χ1v) is 55.9. The van der Waals surface area contributed by atoms with Gasteiger partial charge in [-0.2, -0.15) is 0 Å². The van der Waals surface area contributed by atoms with Crippen molar-refractivity contribution in [3.05, 3.63) is 508 Å². The van der Waals surface area contributed by atoms with Gasteiger partial charge in [-0.25, -0.2) is 0 Å². The van der Waals surface area contributed by atoms with Gasteiger partial charge < -0.3 is 27.4 Å². The van der Waals surface area contributed by atoms with Crippen LogP contribution >= 0.6 is 21.4 Å². The van der Waals surface area contributed by atoms with E-state index < -0.39 is 21.4 Å². The lowest BCUT2D eigenvalue weighted by Gasteiger charge is -2.22. The van der Waals surface area contributed by atoms with Crippen molar-refractivity contribution in [3.8, 4) is 95.0 Å². The van der Waals surface area contributed by atoms with E-state index in [1.54, 1.807) is 0 Å². The minimum atomic E-state index is -3.21. The topological polar surface area (TPSA) is 66.0 Å². The molecule has 0 saturated carbocycles. The number of benzene rings is 24.